The van der Waals surface area contributed by atoms with Crippen LogP contribution in [0.5, 0.6) is 5.75 Å². The zero-order chi connectivity index (χ0) is 50.8. The fourth-order valence-electron chi connectivity index (χ4n) is 9.81. The first-order chi connectivity index (χ1) is 35.4. The van der Waals surface area contributed by atoms with Crippen molar-refractivity contribution in [3.63, 3.8) is 0 Å². The van der Waals surface area contributed by atoms with E-state index in [2.05, 4.69) is 58.7 Å². The summed E-state index contributed by atoms with van der Waals surface area (Å²) in [7, 11) is 1.64. The van der Waals surface area contributed by atoms with E-state index >= 15 is 4.39 Å². The summed E-state index contributed by atoms with van der Waals surface area (Å²) in [4.78, 5) is 55.1. The molecule has 2 aliphatic heterocycles. The first-order valence-electron chi connectivity index (χ1n) is 24.1. The van der Waals surface area contributed by atoms with Crippen LogP contribution in [0.2, 0.25) is 10.0 Å². The monoisotopic (exact) mass is 1020 g/mol. The molecule has 0 radical (unpaired) electrons. The molecule has 0 aliphatic carbocycles. The molecule has 2 amide bonds. The van der Waals surface area contributed by atoms with Gasteiger partial charge in [0.25, 0.3) is 0 Å². The third-order valence-electron chi connectivity index (χ3n) is 13.5. The number of H-pyrrole nitrogens is 2. The number of aryl methyl sites for hydroxylation is 2. The van der Waals surface area contributed by atoms with Crippen LogP contribution in [-0.4, -0.2) is 87.1 Å². The van der Waals surface area contributed by atoms with Gasteiger partial charge < -0.3 is 45.8 Å². The van der Waals surface area contributed by atoms with Crippen LogP contribution >= 0.6 is 23.2 Å². The Morgan fingerprint density at radius 1 is 0.767 bits per heavy atom. The quantitative estimate of drug-likeness (QED) is 0.0571. The molecule has 2 saturated heterocycles. The number of carbonyl (C=O) groups is 2. The SMILES string of the molecule is C=CC(=O)Nc1cc(F)c(N2CCC[C@@H](Nc3ncc(Cl)c(-c4c[nH]c5c(/C=C/C(=O)Nc6cc(OC)c(N7CCC[C@@H](Nc8ncc(Cl)c(-c9c[nH]c%10ccccc9%10)n8)C7)cc6C)cccc45)n3)C2)cc1C. The van der Waals surface area contributed by atoms with E-state index in [1.54, 1.807) is 31.6 Å². The molecule has 0 saturated carbocycles. The second kappa shape index (κ2) is 21.0. The molecule has 0 bridgehead atoms. The van der Waals surface area contributed by atoms with E-state index in [-0.39, 0.29) is 18.0 Å². The van der Waals surface area contributed by atoms with Crippen LogP contribution in [-0.2, 0) is 9.59 Å². The summed E-state index contributed by atoms with van der Waals surface area (Å²) in [5.41, 5.74) is 9.54. The Morgan fingerprint density at radius 3 is 2.03 bits per heavy atom. The van der Waals surface area contributed by atoms with Gasteiger partial charge >= 0.3 is 0 Å². The highest BCUT2D eigenvalue weighted by molar-refractivity contribution is 6.33. The minimum atomic E-state index is -0.424. The first-order valence-corrected chi connectivity index (χ1v) is 24.8. The average molecular weight is 1020 g/mol. The van der Waals surface area contributed by atoms with Gasteiger partial charge in [-0.3, -0.25) is 9.59 Å². The molecule has 372 valence electrons. The number of amides is 2. The van der Waals surface area contributed by atoms with E-state index in [1.807, 2.05) is 79.7 Å². The number of halogens is 3. The van der Waals surface area contributed by atoms with Crippen molar-refractivity contribution in [2.24, 2.45) is 0 Å². The van der Waals surface area contributed by atoms with Crippen LogP contribution < -0.4 is 35.8 Å². The zero-order valence-electron chi connectivity index (χ0n) is 40.5. The normalized spacial score (nSPS) is 16.0. The Bertz CT molecular complexity index is 3450. The number of hydrogen-bond acceptors (Lipinski definition) is 11. The van der Waals surface area contributed by atoms with Crippen LogP contribution in [0.15, 0.2) is 110 Å². The van der Waals surface area contributed by atoms with Crippen molar-refractivity contribution in [2.75, 3.05) is 64.4 Å². The highest BCUT2D eigenvalue weighted by Crippen LogP contribution is 2.38. The molecule has 2 atom stereocenters. The van der Waals surface area contributed by atoms with Gasteiger partial charge in [0, 0.05) is 102 Å². The molecule has 18 heteroatoms. The molecule has 2 fully saturated rings. The zero-order valence-corrected chi connectivity index (χ0v) is 42.0. The summed E-state index contributed by atoms with van der Waals surface area (Å²) in [5, 5.41) is 15.5. The molecule has 4 aromatic carbocycles. The summed E-state index contributed by atoms with van der Waals surface area (Å²) in [5.74, 6) is 0.419. The number of fused-ring (bicyclic) bond motifs is 2. The van der Waals surface area contributed by atoms with Gasteiger partial charge in [0.15, 0.2) is 0 Å². The minimum absolute atomic E-state index is 0.0586. The number of hydrogen-bond donors (Lipinski definition) is 6. The fourth-order valence-corrected chi connectivity index (χ4v) is 10.2. The van der Waals surface area contributed by atoms with Gasteiger partial charge in [0.05, 0.1) is 57.8 Å². The van der Waals surface area contributed by atoms with Gasteiger partial charge in [-0.25, -0.2) is 24.3 Å². The molecule has 15 nitrogen and oxygen atoms in total. The average Bonchev–Trinajstić information content (AvgIpc) is 4.04. The maximum Gasteiger partial charge on any atom is 0.248 e. The number of rotatable bonds is 14. The predicted octanol–water partition coefficient (Wildman–Crippen LogP) is 11.6. The highest BCUT2D eigenvalue weighted by Gasteiger charge is 2.27. The summed E-state index contributed by atoms with van der Waals surface area (Å²) in [6.45, 7) is 9.98. The summed E-state index contributed by atoms with van der Waals surface area (Å²) < 4.78 is 21.3. The molecule has 0 spiro atoms. The van der Waals surface area contributed by atoms with E-state index in [1.165, 1.54) is 12.1 Å². The summed E-state index contributed by atoms with van der Waals surface area (Å²) >= 11 is 13.4. The number of benzene rings is 4. The first kappa shape index (κ1) is 48.7. The Kier molecular flexibility index (Phi) is 14.0. The molecule has 10 rings (SSSR count). The smallest absolute Gasteiger partial charge is 0.248 e. The number of aromatic amines is 2. The molecular weight excluding hydrogens is 967 g/mol. The van der Waals surface area contributed by atoms with Gasteiger partial charge in [-0.05, 0) is 92.6 Å². The van der Waals surface area contributed by atoms with Crippen LogP contribution in [0, 0.1) is 19.7 Å². The molecule has 0 unspecified atom stereocenters. The van der Waals surface area contributed by atoms with Crippen molar-refractivity contribution in [1.82, 2.24) is 29.9 Å². The molecule has 8 aromatic rings. The van der Waals surface area contributed by atoms with Crippen molar-refractivity contribution >= 4 is 97.5 Å². The number of anilines is 6. The lowest BCUT2D eigenvalue weighted by molar-refractivity contribution is -0.112. The van der Waals surface area contributed by atoms with E-state index in [0.29, 0.717) is 75.8 Å². The number of methoxy groups -OCH3 is 1. The minimum Gasteiger partial charge on any atom is -0.495 e. The van der Waals surface area contributed by atoms with Crippen molar-refractivity contribution in [1.29, 1.82) is 0 Å². The lowest BCUT2D eigenvalue weighted by Gasteiger charge is -2.36. The third kappa shape index (κ3) is 10.4. The van der Waals surface area contributed by atoms with E-state index < -0.39 is 11.7 Å². The molecule has 73 heavy (non-hydrogen) atoms. The lowest BCUT2D eigenvalue weighted by Crippen LogP contribution is -2.42. The van der Waals surface area contributed by atoms with Crippen molar-refractivity contribution in [2.45, 2.75) is 51.6 Å². The summed E-state index contributed by atoms with van der Waals surface area (Å²) in [6, 6.07) is 20.9. The van der Waals surface area contributed by atoms with E-state index in [0.717, 1.165) is 93.6 Å². The van der Waals surface area contributed by atoms with Gasteiger partial charge in [0.1, 0.15) is 11.6 Å². The molecule has 2 aliphatic rings. The fraction of sp³-hybridized carbons (Fsp3) is 0.236. The lowest BCUT2D eigenvalue weighted by atomic mass is 10.0. The van der Waals surface area contributed by atoms with Gasteiger partial charge in [-0.2, -0.15) is 0 Å². The number of para-hydroxylation sites is 2. The van der Waals surface area contributed by atoms with Gasteiger partial charge in [-0.15, -0.1) is 0 Å². The van der Waals surface area contributed by atoms with Gasteiger partial charge in [-0.1, -0.05) is 66.2 Å². The number of ether oxygens (including phenoxy) is 1. The van der Waals surface area contributed by atoms with Crippen molar-refractivity contribution in [3.05, 3.63) is 143 Å². The van der Waals surface area contributed by atoms with E-state index in [9.17, 15) is 9.59 Å². The largest absolute Gasteiger partial charge is 0.495 e. The Labute approximate surface area is 431 Å². The number of piperidine rings is 2. The Hall–Kier alpha value is -7.95. The second-order valence-corrected chi connectivity index (χ2v) is 19.1. The van der Waals surface area contributed by atoms with E-state index in [4.69, 9.17) is 37.9 Å². The number of nitrogens with zero attached hydrogens (tertiary/aromatic N) is 6. The maximum atomic E-state index is 15.4. The highest BCUT2D eigenvalue weighted by atomic mass is 35.5. The van der Waals surface area contributed by atoms with Crippen LogP contribution in [0.3, 0.4) is 0 Å². The number of nitrogens with one attached hydrogen (secondary N) is 6. The van der Waals surface area contributed by atoms with Crippen LogP contribution in [0.25, 0.3) is 50.4 Å². The summed E-state index contributed by atoms with van der Waals surface area (Å²) in [6.07, 6.45) is 14.9. The Balaban J connectivity index is 0.794. The molecule has 4 aromatic heterocycles. The third-order valence-corrected chi connectivity index (χ3v) is 14.0. The Morgan fingerprint density at radius 2 is 1.36 bits per heavy atom. The second-order valence-electron chi connectivity index (χ2n) is 18.3. The van der Waals surface area contributed by atoms with Crippen molar-refractivity contribution in [3.8, 4) is 28.3 Å². The van der Waals surface area contributed by atoms with Crippen LogP contribution in [0.1, 0.15) is 42.4 Å². The standard InChI is InChI=1S/C55H53Cl2FN12O3/c1-5-49(71)65-44-23-42(58)46(21-31(44)2)69-19-9-12-34(29-69)63-55-62-28-41(57)53(68-55)39-26-60-51-33(11-8-15-37(39)51)17-18-50(72)66-45-24-48(73-4)47(22-32(45)3)70-20-10-13-35(30-70)64-54-61-27-40(56)52(67-54)38-25-59-43-16-7-6-14-36(38)43/h5-8,11,14-18,21-28,34-35,59-60H,1,9-10,12-13,19-20,29-30H2,2-4H3,(H,65,71)(H,66,72)(H,61,64,67)(H,62,63,68)/b18-17+/t34-,35-/m1/s1. The molecular formula is C55H53Cl2FN12O3. The maximum absolute atomic E-state index is 15.4. The molecule has 6 heterocycles. The predicted molar refractivity (Wildman–Crippen MR) is 292 cm³/mol. The van der Waals surface area contributed by atoms with Gasteiger partial charge in [0.2, 0.25) is 23.7 Å². The number of carbonyl (C=O) groups excluding carboxylic acids is 2. The molecule has 6 N–H and O–H groups in total. The topological polar surface area (TPSA) is 181 Å². The van der Waals surface area contributed by atoms with Crippen LogP contribution in [0.4, 0.5) is 39.0 Å². The number of aromatic nitrogens is 6. The van der Waals surface area contributed by atoms with Crippen molar-refractivity contribution < 1.29 is 18.7 Å².